The molecule has 2 rings (SSSR count). The lowest BCUT2D eigenvalue weighted by atomic mass is 10.1. The van der Waals surface area contributed by atoms with Crippen LogP contribution in [0.1, 0.15) is 49.3 Å². The van der Waals surface area contributed by atoms with Crippen molar-refractivity contribution in [1.29, 1.82) is 0 Å². The molecule has 0 radical (unpaired) electrons. The van der Waals surface area contributed by atoms with E-state index in [9.17, 15) is 19.8 Å². The van der Waals surface area contributed by atoms with Crippen LogP contribution in [0.2, 0.25) is 0 Å². The van der Waals surface area contributed by atoms with Crippen molar-refractivity contribution in [2.75, 3.05) is 6.54 Å². The monoisotopic (exact) mass is 295 g/mol. The Labute approximate surface area is 123 Å². The maximum absolute atomic E-state index is 12.6. The molecular formula is C14H21N3O4. The minimum absolute atomic E-state index is 0.0434. The van der Waals surface area contributed by atoms with Gasteiger partial charge in [0.05, 0.1) is 11.8 Å². The highest BCUT2D eigenvalue weighted by Crippen LogP contribution is 2.23. The van der Waals surface area contributed by atoms with Crippen LogP contribution >= 0.6 is 0 Å². The van der Waals surface area contributed by atoms with Crippen molar-refractivity contribution >= 4 is 11.9 Å². The molecule has 1 aliphatic rings. The Balaban J connectivity index is 2.33. The molecule has 0 aromatic carbocycles. The van der Waals surface area contributed by atoms with Crippen LogP contribution in [-0.4, -0.2) is 55.5 Å². The quantitative estimate of drug-likeness (QED) is 0.852. The van der Waals surface area contributed by atoms with Gasteiger partial charge in [-0.25, -0.2) is 4.79 Å². The molecule has 2 heterocycles. The van der Waals surface area contributed by atoms with Crippen LogP contribution in [0, 0.1) is 0 Å². The lowest BCUT2D eigenvalue weighted by molar-refractivity contribution is -0.141. The molecular weight excluding hydrogens is 274 g/mol. The van der Waals surface area contributed by atoms with Gasteiger partial charge in [-0.3, -0.25) is 9.48 Å². The van der Waals surface area contributed by atoms with E-state index in [-0.39, 0.29) is 24.8 Å². The third-order valence-electron chi connectivity index (χ3n) is 3.73. The first kappa shape index (κ1) is 15.5. The van der Waals surface area contributed by atoms with Crippen molar-refractivity contribution in [3.05, 3.63) is 17.5 Å². The number of aliphatic hydroxyl groups is 1. The summed E-state index contributed by atoms with van der Waals surface area (Å²) < 4.78 is 1.58. The van der Waals surface area contributed by atoms with Crippen molar-refractivity contribution < 1.29 is 19.8 Å². The summed E-state index contributed by atoms with van der Waals surface area (Å²) in [6.07, 6.45) is -0.726. The minimum atomic E-state index is -1.09. The van der Waals surface area contributed by atoms with Gasteiger partial charge in [0, 0.05) is 19.5 Å². The average molecular weight is 295 g/mol. The molecule has 2 N–H and O–H groups in total. The summed E-state index contributed by atoms with van der Waals surface area (Å²) in [5.74, 6) is -1.30. The summed E-state index contributed by atoms with van der Waals surface area (Å²) in [5, 5.41) is 23.2. The SMILES string of the molecule is CCn1nc(C(C)C)cc1C(=O)N1C[C@H](O)C[C@H]1C(=O)O. The fourth-order valence-corrected chi connectivity index (χ4v) is 2.55. The van der Waals surface area contributed by atoms with Crippen LogP contribution in [-0.2, 0) is 11.3 Å². The first-order valence-corrected chi connectivity index (χ1v) is 7.14. The molecule has 21 heavy (non-hydrogen) atoms. The number of hydrogen-bond donors (Lipinski definition) is 2. The van der Waals surface area contributed by atoms with Crippen LogP contribution in [0.25, 0.3) is 0 Å². The molecule has 1 saturated heterocycles. The highest BCUT2D eigenvalue weighted by molar-refractivity contribution is 5.95. The molecule has 0 bridgehead atoms. The number of carboxylic acids is 1. The Hall–Kier alpha value is -1.89. The zero-order chi connectivity index (χ0) is 15.7. The predicted octanol–water partition coefficient (Wildman–Crippen LogP) is 0.686. The fourth-order valence-electron chi connectivity index (χ4n) is 2.55. The zero-order valence-corrected chi connectivity index (χ0v) is 12.5. The highest BCUT2D eigenvalue weighted by Gasteiger charge is 2.40. The number of aromatic nitrogens is 2. The number of carbonyl (C=O) groups is 2. The van der Waals surface area contributed by atoms with E-state index >= 15 is 0 Å². The number of nitrogens with zero attached hydrogens (tertiary/aromatic N) is 3. The molecule has 2 atom stereocenters. The Kier molecular flexibility index (Phi) is 4.32. The third-order valence-corrected chi connectivity index (χ3v) is 3.73. The van der Waals surface area contributed by atoms with Crippen LogP contribution in [0.4, 0.5) is 0 Å². The Bertz CT molecular complexity index is 552. The topological polar surface area (TPSA) is 95.7 Å². The number of carbonyl (C=O) groups excluding carboxylic acids is 1. The first-order chi connectivity index (χ1) is 9.85. The van der Waals surface area contributed by atoms with Crippen molar-refractivity contribution in [1.82, 2.24) is 14.7 Å². The first-order valence-electron chi connectivity index (χ1n) is 7.14. The molecule has 1 aromatic rings. The molecule has 116 valence electrons. The summed E-state index contributed by atoms with van der Waals surface area (Å²) in [6.45, 7) is 6.41. The Morgan fingerprint density at radius 2 is 2.14 bits per heavy atom. The van der Waals surface area contributed by atoms with Gasteiger partial charge < -0.3 is 15.1 Å². The van der Waals surface area contributed by atoms with Gasteiger partial charge in [-0.1, -0.05) is 13.8 Å². The van der Waals surface area contributed by atoms with Crippen molar-refractivity contribution in [3.8, 4) is 0 Å². The van der Waals surface area contributed by atoms with E-state index in [1.807, 2.05) is 20.8 Å². The van der Waals surface area contributed by atoms with Crippen molar-refractivity contribution in [2.24, 2.45) is 0 Å². The summed E-state index contributed by atoms with van der Waals surface area (Å²) in [4.78, 5) is 25.1. The third kappa shape index (κ3) is 2.92. The fraction of sp³-hybridized carbons (Fsp3) is 0.643. The van der Waals surface area contributed by atoms with Gasteiger partial charge >= 0.3 is 5.97 Å². The molecule has 1 aliphatic heterocycles. The van der Waals surface area contributed by atoms with Gasteiger partial charge in [0.2, 0.25) is 0 Å². The van der Waals surface area contributed by atoms with E-state index in [0.29, 0.717) is 12.2 Å². The van der Waals surface area contributed by atoms with E-state index in [2.05, 4.69) is 5.10 Å². The summed E-state index contributed by atoms with van der Waals surface area (Å²) >= 11 is 0. The molecule has 1 aromatic heterocycles. The number of aliphatic hydroxyl groups excluding tert-OH is 1. The van der Waals surface area contributed by atoms with Gasteiger partial charge in [-0.05, 0) is 18.9 Å². The van der Waals surface area contributed by atoms with Crippen LogP contribution in [0.5, 0.6) is 0 Å². The number of aliphatic carboxylic acids is 1. The molecule has 7 heteroatoms. The largest absolute Gasteiger partial charge is 0.480 e. The summed E-state index contributed by atoms with van der Waals surface area (Å²) in [5.41, 5.74) is 1.17. The van der Waals surface area contributed by atoms with Gasteiger partial charge in [-0.2, -0.15) is 5.10 Å². The van der Waals surface area contributed by atoms with Gasteiger partial charge in [-0.15, -0.1) is 0 Å². The Morgan fingerprint density at radius 1 is 1.48 bits per heavy atom. The van der Waals surface area contributed by atoms with Gasteiger partial charge in [0.25, 0.3) is 5.91 Å². The number of likely N-dealkylation sites (tertiary alicyclic amines) is 1. The molecule has 0 spiro atoms. The zero-order valence-electron chi connectivity index (χ0n) is 12.5. The van der Waals surface area contributed by atoms with E-state index in [1.54, 1.807) is 10.7 Å². The second-order valence-electron chi connectivity index (χ2n) is 5.63. The number of amides is 1. The standard InChI is InChI=1S/C14H21N3O4/c1-4-17-11(6-10(15-17)8(2)3)13(19)16-7-9(18)5-12(16)14(20)21/h6,8-9,12,18H,4-5,7H2,1-3H3,(H,20,21)/t9-,12+/m1/s1. The molecule has 0 aliphatic carbocycles. The maximum Gasteiger partial charge on any atom is 0.326 e. The number of hydrogen-bond acceptors (Lipinski definition) is 4. The predicted molar refractivity (Wildman–Crippen MR) is 75.1 cm³/mol. The van der Waals surface area contributed by atoms with Crippen molar-refractivity contribution in [2.45, 2.75) is 51.8 Å². The summed E-state index contributed by atoms with van der Waals surface area (Å²) in [7, 11) is 0. The second-order valence-corrected chi connectivity index (χ2v) is 5.63. The number of carboxylic acid groups (broad SMARTS) is 1. The number of aryl methyl sites for hydroxylation is 1. The van der Waals surface area contributed by atoms with E-state index in [4.69, 9.17) is 0 Å². The normalized spacial score (nSPS) is 22.0. The minimum Gasteiger partial charge on any atom is -0.480 e. The molecule has 0 saturated carbocycles. The summed E-state index contributed by atoms with van der Waals surface area (Å²) in [6, 6.07) is 0.732. The van der Waals surface area contributed by atoms with Crippen LogP contribution in [0.15, 0.2) is 6.07 Å². The van der Waals surface area contributed by atoms with E-state index < -0.39 is 18.1 Å². The Morgan fingerprint density at radius 3 is 2.67 bits per heavy atom. The molecule has 7 nitrogen and oxygen atoms in total. The average Bonchev–Trinajstić information content (AvgIpc) is 3.01. The smallest absolute Gasteiger partial charge is 0.326 e. The molecule has 1 fully saturated rings. The van der Waals surface area contributed by atoms with Gasteiger partial charge in [0.1, 0.15) is 11.7 Å². The second kappa shape index (κ2) is 5.85. The number of rotatable bonds is 4. The lowest BCUT2D eigenvalue weighted by Crippen LogP contribution is -2.41. The van der Waals surface area contributed by atoms with Gasteiger partial charge in [0.15, 0.2) is 0 Å². The van der Waals surface area contributed by atoms with E-state index in [1.165, 1.54) is 4.90 Å². The lowest BCUT2D eigenvalue weighted by Gasteiger charge is -2.21. The van der Waals surface area contributed by atoms with Crippen LogP contribution < -0.4 is 0 Å². The highest BCUT2D eigenvalue weighted by atomic mass is 16.4. The van der Waals surface area contributed by atoms with Crippen molar-refractivity contribution in [3.63, 3.8) is 0 Å². The van der Waals surface area contributed by atoms with Crippen LogP contribution in [0.3, 0.4) is 0 Å². The maximum atomic E-state index is 12.6. The van der Waals surface area contributed by atoms with E-state index in [0.717, 1.165) is 5.69 Å². The molecule has 1 amide bonds. The number of β-amino-alcohol motifs (C(OH)–C–C–N with tert-alkyl or cyclic N) is 1. The molecule has 0 unspecified atom stereocenters.